The maximum absolute atomic E-state index is 11.4. The number of H-pyrrole nitrogens is 2. The summed E-state index contributed by atoms with van der Waals surface area (Å²) in [7, 11) is 3.71. The minimum absolute atomic E-state index is 0.262. The molecule has 0 fully saturated rings. The lowest BCUT2D eigenvalue weighted by Crippen LogP contribution is -2.34. The van der Waals surface area contributed by atoms with Crippen LogP contribution in [0.15, 0.2) is 50.9 Å². The summed E-state index contributed by atoms with van der Waals surface area (Å²) in [5, 5.41) is 0. The Bertz CT molecular complexity index is 727. The van der Waals surface area contributed by atoms with E-state index in [1.165, 1.54) is 0 Å². The van der Waals surface area contributed by atoms with Crippen LogP contribution in [-0.4, -0.2) is 45.1 Å². The normalized spacial score (nSPS) is 9.83. The van der Waals surface area contributed by atoms with Crippen molar-refractivity contribution in [3.05, 3.63) is 62.2 Å². The topological polar surface area (TPSA) is 77.9 Å². The Hall–Kier alpha value is -3.09. The number of rotatable bonds is 6. The maximum atomic E-state index is 11.4. The van der Waals surface area contributed by atoms with E-state index >= 15 is 0 Å². The molecule has 0 spiro atoms. The number of carbonyl (C=O) groups excluding carboxylic acids is 1. The molecule has 0 aromatic carbocycles. The summed E-state index contributed by atoms with van der Waals surface area (Å²) in [6.07, 6.45) is 14.1. The highest BCUT2D eigenvalue weighted by atomic mass is 16.6. The predicted octanol–water partition coefficient (Wildman–Crippen LogP) is 4.35. The third-order valence-electron chi connectivity index (χ3n) is 3.34. The second-order valence-corrected chi connectivity index (χ2v) is 7.27. The summed E-state index contributed by atoms with van der Waals surface area (Å²) >= 11 is 0. The van der Waals surface area contributed by atoms with Crippen LogP contribution in [0.1, 0.15) is 45.0 Å². The van der Waals surface area contributed by atoms with E-state index in [0.29, 0.717) is 6.54 Å². The van der Waals surface area contributed by atoms with Gasteiger partial charge in [-0.05, 0) is 45.8 Å². The predicted molar refractivity (Wildman–Crippen MR) is 119 cm³/mol. The van der Waals surface area contributed by atoms with Crippen LogP contribution >= 0.6 is 0 Å². The number of ether oxygens (including phenoxy) is 1. The van der Waals surface area contributed by atoms with Crippen molar-refractivity contribution in [3.63, 3.8) is 0 Å². The smallest absolute Gasteiger partial charge is 0.410 e. The largest absolute Gasteiger partial charge is 0.444 e. The number of nitrogens with zero attached hydrogens (tertiary/aromatic N) is 3. The van der Waals surface area contributed by atoms with Crippen LogP contribution in [0.5, 0.6) is 0 Å². The van der Waals surface area contributed by atoms with Gasteiger partial charge in [-0.15, -0.1) is 6.58 Å². The number of allylic oxidation sites excluding steroid dienone is 1. The molecule has 2 aromatic heterocycles. The lowest BCUT2D eigenvalue weighted by Gasteiger charge is -2.24. The van der Waals surface area contributed by atoms with E-state index in [9.17, 15) is 4.79 Å². The van der Waals surface area contributed by atoms with Crippen LogP contribution < -0.4 is 4.57 Å². The van der Waals surface area contributed by atoms with Gasteiger partial charge >= 0.3 is 6.09 Å². The van der Waals surface area contributed by atoms with Crippen molar-refractivity contribution in [2.75, 3.05) is 13.6 Å². The zero-order valence-electron chi connectivity index (χ0n) is 18.4. The number of imidazole rings is 2. The van der Waals surface area contributed by atoms with Gasteiger partial charge in [0.05, 0.1) is 25.3 Å². The van der Waals surface area contributed by atoms with Crippen molar-refractivity contribution < 1.29 is 14.1 Å². The Morgan fingerprint density at radius 2 is 1.90 bits per heavy atom. The first-order chi connectivity index (χ1) is 13.6. The molecule has 0 aliphatic carbocycles. The van der Waals surface area contributed by atoms with E-state index in [4.69, 9.17) is 4.74 Å². The SMILES string of the molecule is C=CCCCN(C)C(=O)OC(C)(C)C.C=Cc1c[n+](C)c[nH]1.C=Cc1cnc[nH]1. The minimum Gasteiger partial charge on any atom is -0.444 e. The average Bonchev–Trinajstić information content (AvgIpc) is 3.32. The van der Waals surface area contributed by atoms with E-state index in [1.807, 2.05) is 51.0 Å². The van der Waals surface area contributed by atoms with E-state index in [-0.39, 0.29) is 6.09 Å². The highest BCUT2D eigenvalue weighted by Gasteiger charge is 2.18. The van der Waals surface area contributed by atoms with Crippen LogP contribution in [0.3, 0.4) is 0 Å². The summed E-state index contributed by atoms with van der Waals surface area (Å²) in [5.74, 6) is 0. The minimum atomic E-state index is -0.413. The second kappa shape index (κ2) is 14.0. The zero-order valence-corrected chi connectivity index (χ0v) is 18.4. The monoisotopic (exact) mass is 402 g/mol. The summed E-state index contributed by atoms with van der Waals surface area (Å²) in [6.45, 7) is 17.1. The van der Waals surface area contributed by atoms with Gasteiger partial charge in [-0.25, -0.2) is 19.3 Å². The van der Waals surface area contributed by atoms with Crippen LogP contribution in [0.4, 0.5) is 4.79 Å². The van der Waals surface area contributed by atoms with Gasteiger partial charge < -0.3 is 14.6 Å². The fraction of sp³-hybridized carbons (Fsp3) is 0.409. The summed E-state index contributed by atoms with van der Waals surface area (Å²) in [6, 6.07) is 0. The van der Waals surface area contributed by atoms with Crippen LogP contribution in [0.25, 0.3) is 12.2 Å². The number of aryl methyl sites for hydroxylation is 1. The number of nitrogens with one attached hydrogen (secondary N) is 2. The molecule has 2 heterocycles. The molecule has 0 saturated carbocycles. The number of aromatic nitrogens is 4. The Morgan fingerprint density at radius 3 is 2.24 bits per heavy atom. The van der Waals surface area contributed by atoms with Crippen LogP contribution in [0, 0.1) is 0 Å². The summed E-state index contributed by atoms with van der Waals surface area (Å²) in [5.41, 5.74) is 1.59. The molecule has 0 unspecified atom stereocenters. The first-order valence-corrected chi connectivity index (χ1v) is 9.44. The Morgan fingerprint density at radius 1 is 1.24 bits per heavy atom. The zero-order chi connectivity index (χ0) is 22.3. The third-order valence-corrected chi connectivity index (χ3v) is 3.34. The van der Waals surface area contributed by atoms with Crippen LogP contribution in [-0.2, 0) is 11.8 Å². The Labute approximate surface area is 174 Å². The van der Waals surface area contributed by atoms with Crippen LogP contribution in [0.2, 0.25) is 0 Å². The van der Waals surface area contributed by atoms with Crippen molar-refractivity contribution in [1.29, 1.82) is 0 Å². The van der Waals surface area contributed by atoms with Gasteiger partial charge in [0.15, 0.2) is 5.69 Å². The third kappa shape index (κ3) is 13.7. The summed E-state index contributed by atoms with van der Waals surface area (Å²) in [4.78, 5) is 22.6. The van der Waals surface area contributed by atoms with Crippen molar-refractivity contribution in [2.45, 2.75) is 39.2 Å². The number of hydrogen-bond donors (Lipinski definition) is 2. The fourth-order valence-electron chi connectivity index (χ4n) is 1.86. The number of hydrogen-bond acceptors (Lipinski definition) is 3. The molecule has 29 heavy (non-hydrogen) atoms. The molecular formula is C22H36N5O2+. The van der Waals surface area contributed by atoms with E-state index in [2.05, 4.69) is 34.7 Å². The van der Waals surface area contributed by atoms with Crippen molar-refractivity contribution in [1.82, 2.24) is 19.9 Å². The molecule has 0 bridgehead atoms. The van der Waals surface area contributed by atoms with E-state index in [1.54, 1.807) is 36.6 Å². The molecule has 0 aliphatic rings. The van der Waals surface area contributed by atoms with Gasteiger partial charge in [-0.1, -0.05) is 19.2 Å². The Balaban J connectivity index is 0.000000438. The molecule has 2 rings (SSSR count). The van der Waals surface area contributed by atoms with Gasteiger partial charge in [0.2, 0.25) is 6.33 Å². The molecule has 0 atom stereocenters. The van der Waals surface area contributed by atoms with Crippen molar-refractivity contribution in [3.8, 4) is 0 Å². The first-order valence-electron chi connectivity index (χ1n) is 9.44. The fourth-order valence-corrected chi connectivity index (χ4v) is 1.86. The van der Waals surface area contributed by atoms with Gasteiger partial charge in [-0.3, -0.25) is 0 Å². The quantitative estimate of drug-likeness (QED) is 0.428. The Kier molecular flexibility index (Phi) is 12.5. The number of amides is 1. The molecule has 7 heteroatoms. The summed E-state index contributed by atoms with van der Waals surface area (Å²) < 4.78 is 7.13. The molecular weight excluding hydrogens is 366 g/mol. The second-order valence-electron chi connectivity index (χ2n) is 7.27. The number of aromatic amines is 2. The van der Waals surface area contributed by atoms with E-state index in [0.717, 1.165) is 24.2 Å². The standard InChI is InChI=1S/C11H21NO2.C6H8N2.C5H6N2/c1-6-7-8-9-12(5)10(13)14-11(2,3)4;1-3-6-4-8(2)5-7-6;1-2-5-3-6-4-7-5/h6H,1,7-9H2,2-5H3;3-5H,1H2,2H3;2-4H,1H2,(H,6,7)/p+1. The number of carbonyl (C=O) groups is 1. The molecule has 7 nitrogen and oxygen atoms in total. The number of unbranched alkanes of at least 4 members (excludes halogenated alkanes) is 1. The van der Waals surface area contributed by atoms with Crippen molar-refractivity contribution >= 4 is 18.2 Å². The molecule has 0 radical (unpaired) electrons. The molecule has 2 N–H and O–H groups in total. The molecule has 160 valence electrons. The van der Waals surface area contributed by atoms with Gasteiger partial charge in [0.25, 0.3) is 0 Å². The molecule has 1 amide bonds. The maximum Gasteiger partial charge on any atom is 0.410 e. The van der Waals surface area contributed by atoms with Gasteiger partial charge in [-0.2, -0.15) is 0 Å². The molecule has 0 saturated heterocycles. The molecule has 2 aromatic rings. The lowest BCUT2D eigenvalue weighted by atomic mass is 10.2. The first kappa shape index (κ1) is 25.9. The van der Waals surface area contributed by atoms with Gasteiger partial charge in [0.1, 0.15) is 11.8 Å². The van der Waals surface area contributed by atoms with E-state index < -0.39 is 5.60 Å². The van der Waals surface area contributed by atoms with Gasteiger partial charge in [0, 0.05) is 13.6 Å². The highest BCUT2D eigenvalue weighted by Crippen LogP contribution is 2.09. The highest BCUT2D eigenvalue weighted by molar-refractivity contribution is 5.67. The molecule has 0 aliphatic heterocycles. The lowest BCUT2D eigenvalue weighted by molar-refractivity contribution is -0.670. The van der Waals surface area contributed by atoms with Crippen molar-refractivity contribution in [2.24, 2.45) is 7.05 Å². The average molecular weight is 403 g/mol.